The summed E-state index contributed by atoms with van der Waals surface area (Å²) in [6, 6.07) is 10.5. The Labute approximate surface area is 202 Å². The van der Waals surface area contributed by atoms with Crippen LogP contribution in [-0.2, 0) is 21.8 Å². The monoisotopic (exact) mass is 474 g/mol. The van der Waals surface area contributed by atoms with E-state index < -0.39 is 11.4 Å². The predicted octanol–water partition coefficient (Wildman–Crippen LogP) is 5.43. The number of carboxylic acid groups (broad SMARTS) is 1. The van der Waals surface area contributed by atoms with Crippen LogP contribution in [0.2, 0.25) is 0 Å². The SMILES string of the molecule is C.COc1ccc(CC(=O)[O-])cc1Oc1ccc(NC(=O)C(C)(C)C)cc1CSC(C)(C)C. The lowest BCUT2D eigenvalue weighted by atomic mass is 9.95. The maximum atomic E-state index is 12.4. The lowest BCUT2D eigenvalue weighted by Crippen LogP contribution is -2.27. The lowest BCUT2D eigenvalue weighted by molar-refractivity contribution is -0.304. The molecule has 0 bridgehead atoms. The number of nitrogens with one attached hydrogen (secondary N) is 1. The molecule has 2 aromatic rings. The van der Waals surface area contributed by atoms with Crippen molar-refractivity contribution in [3.8, 4) is 17.2 Å². The van der Waals surface area contributed by atoms with Crippen LogP contribution in [0.25, 0.3) is 0 Å². The molecule has 0 atom stereocenters. The second-order valence-corrected chi connectivity index (χ2v) is 11.4. The van der Waals surface area contributed by atoms with Crippen LogP contribution in [0.15, 0.2) is 36.4 Å². The molecule has 1 N–H and O–H groups in total. The zero-order valence-electron chi connectivity index (χ0n) is 19.8. The van der Waals surface area contributed by atoms with Crippen molar-refractivity contribution in [2.45, 2.75) is 65.9 Å². The van der Waals surface area contributed by atoms with Crippen molar-refractivity contribution in [3.05, 3.63) is 47.5 Å². The number of hydrogen-bond donors (Lipinski definition) is 1. The topological polar surface area (TPSA) is 87.7 Å². The lowest BCUT2D eigenvalue weighted by Gasteiger charge is -2.21. The Morgan fingerprint density at radius 1 is 0.970 bits per heavy atom. The third kappa shape index (κ3) is 9.00. The van der Waals surface area contributed by atoms with E-state index in [-0.39, 0.29) is 24.5 Å². The van der Waals surface area contributed by atoms with Gasteiger partial charge in [0.2, 0.25) is 5.91 Å². The van der Waals surface area contributed by atoms with Crippen LogP contribution in [-0.4, -0.2) is 23.7 Å². The molecule has 0 heterocycles. The average Bonchev–Trinajstić information content (AvgIpc) is 2.66. The van der Waals surface area contributed by atoms with Crippen molar-refractivity contribution in [2.24, 2.45) is 5.41 Å². The van der Waals surface area contributed by atoms with Gasteiger partial charge in [0, 0.05) is 39.6 Å². The van der Waals surface area contributed by atoms with E-state index in [4.69, 9.17) is 9.47 Å². The van der Waals surface area contributed by atoms with Crippen molar-refractivity contribution in [1.82, 2.24) is 0 Å². The van der Waals surface area contributed by atoms with Gasteiger partial charge in [0.15, 0.2) is 11.5 Å². The molecule has 6 nitrogen and oxygen atoms in total. The Balaban J connectivity index is 0.00000544. The summed E-state index contributed by atoms with van der Waals surface area (Å²) in [4.78, 5) is 23.4. The summed E-state index contributed by atoms with van der Waals surface area (Å²) in [6.45, 7) is 12.0. The van der Waals surface area contributed by atoms with Gasteiger partial charge in [-0.25, -0.2) is 0 Å². The Hall–Kier alpha value is -2.67. The number of methoxy groups -OCH3 is 1. The molecule has 0 saturated carbocycles. The van der Waals surface area contributed by atoms with E-state index in [9.17, 15) is 14.7 Å². The largest absolute Gasteiger partial charge is 0.550 e. The Morgan fingerprint density at radius 3 is 2.15 bits per heavy atom. The number of carboxylic acids is 1. The maximum absolute atomic E-state index is 12.4. The summed E-state index contributed by atoms with van der Waals surface area (Å²) in [5.41, 5.74) is 1.64. The molecule has 2 rings (SSSR count). The van der Waals surface area contributed by atoms with E-state index in [1.807, 2.05) is 32.9 Å². The van der Waals surface area contributed by atoms with Crippen LogP contribution in [0.5, 0.6) is 17.2 Å². The molecule has 0 fully saturated rings. The van der Waals surface area contributed by atoms with Crippen molar-refractivity contribution in [3.63, 3.8) is 0 Å². The van der Waals surface area contributed by atoms with Crippen molar-refractivity contribution in [2.75, 3.05) is 12.4 Å². The zero-order valence-corrected chi connectivity index (χ0v) is 20.6. The highest BCUT2D eigenvalue weighted by atomic mass is 32.2. The second kappa shape index (κ2) is 11.5. The molecule has 0 aromatic heterocycles. The first-order valence-corrected chi connectivity index (χ1v) is 11.4. The first-order chi connectivity index (χ1) is 14.8. The smallest absolute Gasteiger partial charge is 0.229 e. The van der Waals surface area contributed by atoms with Gasteiger partial charge in [0.25, 0.3) is 0 Å². The standard InChI is InChI=1S/C25H33NO5S.CH4/c1-24(2,3)23(29)26-18-9-11-19(17(14-18)15-32-25(4,5)6)31-21-12-16(13-22(27)28)8-10-20(21)30-7;/h8-12,14H,13,15H2,1-7H3,(H,26,29)(H,27,28);1H4/p-1. The minimum Gasteiger partial charge on any atom is -0.550 e. The van der Waals surface area contributed by atoms with Gasteiger partial charge in [-0.2, -0.15) is 11.8 Å². The van der Waals surface area contributed by atoms with Gasteiger partial charge in [0.05, 0.1) is 7.11 Å². The predicted molar refractivity (Wildman–Crippen MR) is 134 cm³/mol. The molecule has 1 amide bonds. The number of carbonyl (C=O) groups is 2. The molecule has 7 heteroatoms. The van der Waals surface area contributed by atoms with E-state index >= 15 is 0 Å². The summed E-state index contributed by atoms with van der Waals surface area (Å²) in [5, 5.41) is 14.0. The van der Waals surface area contributed by atoms with Gasteiger partial charge in [0.1, 0.15) is 5.75 Å². The second-order valence-electron chi connectivity index (χ2n) is 9.56. The first kappa shape index (κ1) is 28.4. The molecule has 0 aliphatic rings. The van der Waals surface area contributed by atoms with E-state index in [2.05, 4.69) is 26.1 Å². The number of ether oxygens (including phenoxy) is 2. The van der Waals surface area contributed by atoms with E-state index in [1.165, 1.54) is 7.11 Å². The highest BCUT2D eigenvalue weighted by molar-refractivity contribution is 7.99. The van der Waals surface area contributed by atoms with E-state index in [0.29, 0.717) is 34.3 Å². The molecule has 0 aliphatic carbocycles. The Morgan fingerprint density at radius 2 is 1.61 bits per heavy atom. The van der Waals surface area contributed by atoms with Crippen molar-refractivity contribution >= 4 is 29.3 Å². The maximum Gasteiger partial charge on any atom is 0.229 e. The van der Waals surface area contributed by atoms with Gasteiger partial charge in [-0.3, -0.25) is 4.79 Å². The molecule has 2 aromatic carbocycles. The number of anilines is 1. The number of thioether (sulfide) groups is 1. The summed E-state index contributed by atoms with van der Waals surface area (Å²) < 4.78 is 11.6. The fourth-order valence-corrected chi connectivity index (χ4v) is 3.49. The van der Waals surface area contributed by atoms with Crippen LogP contribution < -0.4 is 19.9 Å². The molecule has 0 saturated heterocycles. The number of rotatable bonds is 8. The molecule has 182 valence electrons. The zero-order chi connectivity index (χ0) is 24.1. The number of aliphatic carboxylic acids is 1. The van der Waals surface area contributed by atoms with Crippen LogP contribution in [0.1, 0.15) is 60.1 Å². The highest BCUT2D eigenvalue weighted by Crippen LogP contribution is 2.38. The fourth-order valence-electron chi connectivity index (χ4n) is 2.68. The van der Waals surface area contributed by atoms with E-state index in [1.54, 1.807) is 36.0 Å². The number of benzene rings is 2. The summed E-state index contributed by atoms with van der Waals surface area (Å²) >= 11 is 1.76. The normalized spacial score (nSPS) is 11.4. The molecular weight excluding hydrogens is 438 g/mol. The van der Waals surface area contributed by atoms with Crippen LogP contribution in [0.4, 0.5) is 5.69 Å². The molecular formula is C26H36NO5S-. The van der Waals surface area contributed by atoms with Crippen LogP contribution >= 0.6 is 11.8 Å². The third-order valence-electron chi connectivity index (χ3n) is 4.46. The van der Waals surface area contributed by atoms with Crippen LogP contribution in [0, 0.1) is 5.41 Å². The van der Waals surface area contributed by atoms with Gasteiger partial charge >= 0.3 is 0 Å². The molecule has 0 radical (unpaired) electrons. The minimum atomic E-state index is -1.16. The average molecular weight is 475 g/mol. The molecule has 0 spiro atoms. The highest BCUT2D eigenvalue weighted by Gasteiger charge is 2.22. The quantitative estimate of drug-likeness (QED) is 0.549. The first-order valence-electron chi connectivity index (χ1n) is 10.4. The summed E-state index contributed by atoms with van der Waals surface area (Å²) in [7, 11) is 1.53. The van der Waals surface area contributed by atoms with Gasteiger partial charge < -0.3 is 24.7 Å². The Kier molecular flexibility index (Phi) is 9.85. The Bertz CT molecular complexity index is 974. The number of carbonyl (C=O) groups excluding carboxylic acids is 2. The molecule has 33 heavy (non-hydrogen) atoms. The van der Waals surface area contributed by atoms with Gasteiger partial charge in [-0.15, -0.1) is 0 Å². The van der Waals surface area contributed by atoms with E-state index in [0.717, 1.165) is 5.56 Å². The van der Waals surface area contributed by atoms with Gasteiger partial charge in [-0.1, -0.05) is 55.0 Å². The minimum absolute atomic E-state index is 0. The van der Waals surface area contributed by atoms with Crippen molar-refractivity contribution < 1.29 is 24.2 Å². The fraction of sp³-hybridized carbons (Fsp3) is 0.462. The summed E-state index contributed by atoms with van der Waals surface area (Å²) in [5.74, 6) is 0.949. The number of amides is 1. The van der Waals surface area contributed by atoms with Crippen LogP contribution in [0.3, 0.4) is 0 Å². The molecule has 0 unspecified atom stereocenters. The van der Waals surface area contributed by atoms with Crippen molar-refractivity contribution in [1.29, 1.82) is 0 Å². The summed E-state index contributed by atoms with van der Waals surface area (Å²) in [6.07, 6.45) is -0.217. The third-order valence-corrected chi connectivity index (χ3v) is 5.78. The van der Waals surface area contributed by atoms with Gasteiger partial charge in [-0.05, 0) is 35.9 Å². The number of hydrogen-bond acceptors (Lipinski definition) is 6. The molecule has 0 aliphatic heterocycles.